The van der Waals surface area contributed by atoms with E-state index in [1.165, 1.54) is 25.3 Å². The standard InChI is InChI=1S/C18H20N2O6S2/c1-12-10-15(20-18(21)13(2)11-27(20,22)23)6-9-17(12)28(24,25)19-14-4-7-16(26-3)8-5-14/h4-10,13,19H,11H2,1-3H3. The third kappa shape index (κ3) is 3.69. The molecule has 10 heteroatoms. The smallest absolute Gasteiger partial charge is 0.262 e. The lowest BCUT2D eigenvalue weighted by Crippen LogP contribution is -2.30. The zero-order valence-corrected chi connectivity index (χ0v) is 17.2. The first-order valence-corrected chi connectivity index (χ1v) is 11.5. The van der Waals surface area contributed by atoms with E-state index in [4.69, 9.17) is 4.74 Å². The van der Waals surface area contributed by atoms with Gasteiger partial charge in [0.2, 0.25) is 15.9 Å². The molecule has 2 aromatic rings. The fourth-order valence-corrected chi connectivity index (χ4v) is 6.12. The van der Waals surface area contributed by atoms with Crippen LogP contribution in [0.25, 0.3) is 0 Å². The van der Waals surface area contributed by atoms with Gasteiger partial charge >= 0.3 is 0 Å². The maximum Gasteiger partial charge on any atom is 0.262 e. The molecule has 1 unspecified atom stereocenters. The lowest BCUT2D eigenvalue weighted by Gasteiger charge is -2.17. The van der Waals surface area contributed by atoms with Gasteiger partial charge in [0.15, 0.2) is 0 Å². The Labute approximate surface area is 164 Å². The molecule has 0 aromatic heterocycles. The lowest BCUT2D eigenvalue weighted by atomic mass is 10.2. The quantitative estimate of drug-likeness (QED) is 0.787. The van der Waals surface area contributed by atoms with Crippen molar-refractivity contribution in [1.29, 1.82) is 0 Å². The van der Waals surface area contributed by atoms with Gasteiger partial charge in [0.05, 0.1) is 29.4 Å². The van der Waals surface area contributed by atoms with Crippen LogP contribution in [-0.4, -0.2) is 35.6 Å². The van der Waals surface area contributed by atoms with Crippen LogP contribution in [0.4, 0.5) is 11.4 Å². The summed E-state index contributed by atoms with van der Waals surface area (Å²) < 4.78 is 58.1. The molecule has 1 aliphatic heterocycles. The number of rotatable bonds is 5. The summed E-state index contributed by atoms with van der Waals surface area (Å²) in [6, 6.07) is 10.4. The number of sulfonamides is 2. The van der Waals surface area contributed by atoms with E-state index in [1.54, 1.807) is 38.1 Å². The van der Waals surface area contributed by atoms with E-state index >= 15 is 0 Å². The molecule has 3 rings (SSSR count). The molecule has 0 radical (unpaired) electrons. The summed E-state index contributed by atoms with van der Waals surface area (Å²) in [5.41, 5.74) is 0.812. The largest absolute Gasteiger partial charge is 0.497 e. The number of anilines is 2. The highest BCUT2D eigenvalue weighted by Crippen LogP contribution is 2.31. The van der Waals surface area contributed by atoms with E-state index in [1.807, 2.05) is 0 Å². The van der Waals surface area contributed by atoms with E-state index in [-0.39, 0.29) is 16.3 Å². The summed E-state index contributed by atoms with van der Waals surface area (Å²) in [5.74, 6) is -0.824. The van der Waals surface area contributed by atoms with Crippen LogP contribution in [0.15, 0.2) is 47.4 Å². The predicted octanol–water partition coefficient (Wildman–Crippen LogP) is 2.12. The number of nitrogens with one attached hydrogen (secondary N) is 1. The zero-order chi connectivity index (χ0) is 20.7. The molecule has 150 valence electrons. The molecule has 0 bridgehead atoms. The highest BCUT2D eigenvalue weighted by atomic mass is 32.2. The Morgan fingerprint density at radius 3 is 2.29 bits per heavy atom. The van der Waals surface area contributed by atoms with Crippen LogP contribution in [0.1, 0.15) is 12.5 Å². The number of benzene rings is 2. The predicted molar refractivity (Wildman–Crippen MR) is 105 cm³/mol. The normalized spacial score (nSPS) is 18.9. The van der Waals surface area contributed by atoms with Crippen LogP contribution in [0, 0.1) is 12.8 Å². The average Bonchev–Trinajstić information content (AvgIpc) is 2.82. The summed E-state index contributed by atoms with van der Waals surface area (Å²) in [4.78, 5) is 12.2. The number of methoxy groups -OCH3 is 1. The van der Waals surface area contributed by atoms with Gasteiger partial charge in [-0.3, -0.25) is 9.52 Å². The maximum absolute atomic E-state index is 12.7. The molecular formula is C18H20N2O6S2. The van der Waals surface area contributed by atoms with Gasteiger partial charge in [-0.2, -0.15) is 0 Å². The Balaban J connectivity index is 1.92. The van der Waals surface area contributed by atoms with Gasteiger partial charge in [0.1, 0.15) is 5.75 Å². The third-order valence-corrected chi connectivity index (χ3v) is 7.80. The molecule has 1 atom stereocenters. The number of aryl methyl sites for hydroxylation is 1. The fourth-order valence-electron chi connectivity index (χ4n) is 3.02. The van der Waals surface area contributed by atoms with Gasteiger partial charge in [0, 0.05) is 5.69 Å². The Morgan fingerprint density at radius 2 is 1.79 bits per heavy atom. The van der Waals surface area contributed by atoms with Crippen LogP contribution in [-0.2, 0) is 24.8 Å². The van der Waals surface area contributed by atoms with Crippen molar-refractivity contribution in [3.63, 3.8) is 0 Å². The molecule has 2 aromatic carbocycles. The van der Waals surface area contributed by atoms with Gasteiger partial charge in [-0.15, -0.1) is 0 Å². The van der Waals surface area contributed by atoms with Crippen molar-refractivity contribution in [2.24, 2.45) is 5.92 Å². The second-order valence-corrected chi connectivity index (χ2v) is 10.1. The minimum Gasteiger partial charge on any atom is -0.497 e. The van der Waals surface area contributed by atoms with E-state index in [2.05, 4.69) is 4.72 Å². The van der Waals surface area contributed by atoms with Crippen LogP contribution in [0.5, 0.6) is 5.75 Å². The van der Waals surface area contributed by atoms with Crippen molar-refractivity contribution < 1.29 is 26.4 Å². The highest BCUT2D eigenvalue weighted by molar-refractivity contribution is 7.94. The van der Waals surface area contributed by atoms with Crippen LogP contribution >= 0.6 is 0 Å². The SMILES string of the molecule is COc1ccc(NS(=O)(=O)c2ccc(N3C(=O)C(C)CS3(=O)=O)cc2C)cc1. The Bertz CT molecular complexity index is 1130. The first-order valence-electron chi connectivity index (χ1n) is 8.39. The average molecular weight is 425 g/mol. The second-order valence-electron chi connectivity index (χ2n) is 6.57. The van der Waals surface area contributed by atoms with Crippen molar-refractivity contribution in [1.82, 2.24) is 0 Å². The molecule has 1 aliphatic rings. The number of hydrogen-bond donors (Lipinski definition) is 1. The number of carbonyl (C=O) groups is 1. The maximum atomic E-state index is 12.7. The van der Waals surface area contributed by atoms with Crippen LogP contribution in [0.3, 0.4) is 0 Å². The summed E-state index contributed by atoms with van der Waals surface area (Å²) in [6.45, 7) is 3.09. The Hall–Kier alpha value is -2.59. The summed E-state index contributed by atoms with van der Waals surface area (Å²) in [5, 5.41) is 0. The number of nitrogens with zero attached hydrogens (tertiary/aromatic N) is 1. The lowest BCUT2D eigenvalue weighted by molar-refractivity contribution is -0.119. The second kappa shape index (κ2) is 7.10. The molecular weight excluding hydrogens is 404 g/mol. The summed E-state index contributed by atoms with van der Waals surface area (Å²) >= 11 is 0. The molecule has 8 nitrogen and oxygen atoms in total. The van der Waals surface area contributed by atoms with Crippen molar-refractivity contribution >= 4 is 37.3 Å². The number of hydrogen-bond acceptors (Lipinski definition) is 6. The number of carbonyl (C=O) groups excluding carboxylic acids is 1. The number of ether oxygens (including phenoxy) is 1. The van der Waals surface area contributed by atoms with Crippen molar-refractivity contribution in [2.45, 2.75) is 18.7 Å². The molecule has 1 amide bonds. The molecule has 1 fully saturated rings. The molecule has 1 N–H and O–H groups in total. The van der Waals surface area contributed by atoms with Gasteiger partial charge in [-0.1, -0.05) is 6.92 Å². The number of amides is 1. The minimum absolute atomic E-state index is 0.0100. The Morgan fingerprint density at radius 1 is 1.14 bits per heavy atom. The van der Waals surface area contributed by atoms with Gasteiger partial charge < -0.3 is 4.74 Å². The van der Waals surface area contributed by atoms with E-state index < -0.39 is 31.9 Å². The van der Waals surface area contributed by atoms with Gasteiger partial charge in [0.25, 0.3) is 10.0 Å². The minimum atomic E-state index is -3.90. The molecule has 0 spiro atoms. The first-order chi connectivity index (χ1) is 13.0. The monoisotopic (exact) mass is 424 g/mol. The van der Waals surface area contributed by atoms with Gasteiger partial charge in [-0.25, -0.2) is 21.1 Å². The van der Waals surface area contributed by atoms with Crippen LogP contribution < -0.4 is 13.8 Å². The zero-order valence-electron chi connectivity index (χ0n) is 15.5. The van der Waals surface area contributed by atoms with E-state index in [0.29, 0.717) is 17.0 Å². The van der Waals surface area contributed by atoms with Crippen LogP contribution in [0.2, 0.25) is 0 Å². The Kier molecular flexibility index (Phi) is 5.11. The summed E-state index contributed by atoms with van der Waals surface area (Å²) in [7, 11) is -6.14. The van der Waals surface area contributed by atoms with Crippen molar-refractivity contribution in [3.8, 4) is 5.75 Å². The van der Waals surface area contributed by atoms with E-state index in [0.717, 1.165) is 4.31 Å². The third-order valence-electron chi connectivity index (χ3n) is 4.39. The first kappa shape index (κ1) is 20.2. The van der Waals surface area contributed by atoms with E-state index in [9.17, 15) is 21.6 Å². The van der Waals surface area contributed by atoms with Gasteiger partial charge in [-0.05, 0) is 55.0 Å². The molecule has 1 heterocycles. The molecule has 1 saturated heterocycles. The molecule has 28 heavy (non-hydrogen) atoms. The molecule has 0 aliphatic carbocycles. The van der Waals surface area contributed by atoms with Crippen molar-refractivity contribution in [3.05, 3.63) is 48.0 Å². The highest BCUT2D eigenvalue weighted by Gasteiger charge is 2.42. The summed E-state index contributed by atoms with van der Waals surface area (Å²) in [6.07, 6.45) is 0. The topological polar surface area (TPSA) is 110 Å². The van der Waals surface area contributed by atoms with Crippen molar-refractivity contribution in [2.75, 3.05) is 21.9 Å². The fraction of sp³-hybridized carbons (Fsp3) is 0.278. The molecule has 0 saturated carbocycles.